The summed E-state index contributed by atoms with van der Waals surface area (Å²) in [6.07, 6.45) is -5.18. The highest BCUT2D eigenvalue weighted by Crippen LogP contribution is 2.40. The number of amides is 1. The van der Waals surface area contributed by atoms with Gasteiger partial charge in [0.25, 0.3) is 0 Å². The van der Waals surface area contributed by atoms with Crippen molar-refractivity contribution in [2.24, 2.45) is 5.41 Å². The predicted molar refractivity (Wildman–Crippen MR) is 74.7 cm³/mol. The Hall–Kier alpha value is -1.14. The molecule has 0 aliphatic carbocycles. The highest BCUT2D eigenvalue weighted by molar-refractivity contribution is 6.31. The van der Waals surface area contributed by atoms with Gasteiger partial charge in [0.2, 0.25) is 0 Å². The first-order valence-corrected chi connectivity index (χ1v) is 6.29. The second-order valence-corrected chi connectivity index (χ2v) is 5.79. The molecule has 1 fully saturated rings. The fraction of sp³-hybridized carbons (Fsp3) is 0.462. The number of nitrogens with one attached hydrogen (secondary N) is 1. The van der Waals surface area contributed by atoms with Crippen LogP contribution >= 0.6 is 24.0 Å². The van der Waals surface area contributed by atoms with Crippen molar-refractivity contribution < 1.29 is 22.7 Å². The maximum Gasteiger partial charge on any atom is 0.417 e. The Kier molecular flexibility index (Phi) is 5.05. The molecule has 118 valence electrons. The number of cyclic esters (lactones) is 1. The first-order chi connectivity index (χ1) is 9.11. The minimum absolute atomic E-state index is 0. The number of hydrogen-bond acceptors (Lipinski definition) is 2. The van der Waals surface area contributed by atoms with Gasteiger partial charge in [-0.25, -0.2) is 4.79 Å². The number of carbonyl (C=O) groups excluding carboxylic acids is 1. The quantitative estimate of drug-likeness (QED) is 0.809. The first kappa shape index (κ1) is 17.9. The van der Waals surface area contributed by atoms with Gasteiger partial charge in [0.15, 0.2) is 0 Å². The van der Waals surface area contributed by atoms with E-state index in [1.54, 1.807) is 13.8 Å². The number of carbonyl (C=O) groups is 1. The Bertz CT molecular complexity index is 547. The molecular weight excluding hydrogens is 330 g/mol. The second kappa shape index (κ2) is 5.93. The average molecular weight is 344 g/mol. The lowest BCUT2D eigenvalue weighted by Crippen LogP contribution is -2.47. The monoisotopic (exact) mass is 343 g/mol. The lowest BCUT2D eigenvalue weighted by atomic mass is 9.80. The van der Waals surface area contributed by atoms with Crippen molar-refractivity contribution in [1.82, 2.24) is 5.32 Å². The molecule has 2 rings (SSSR count). The maximum atomic E-state index is 12.9. The van der Waals surface area contributed by atoms with Crippen LogP contribution in [0.1, 0.15) is 31.0 Å². The normalized spacial score (nSPS) is 21.0. The van der Waals surface area contributed by atoms with Crippen molar-refractivity contribution in [3.8, 4) is 0 Å². The molecule has 1 heterocycles. The molecule has 1 aromatic rings. The summed E-state index contributed by atoms with van der Waals surface area (Å²) in [7, 11) is 0. The Labute approximate surface area is 131 Å². The summed E-state index contributed by atoms with van der Waals surface area (Å²) >= 11 is 5.59. The molecule has 0 bridgehead atoms. The molecule has 0 spiro atoms. The van der Waals surface area contributed by atoms with E-state index >= 15 is 0 Å². The molecule has 1 aliphatic heterocycles. The van der Waals surface area contributed by atoms with E-state index in [1.807, 2.05) is 0 Å². The topological polar surface area (TPSA) is 38.3 Å². The highest BCUT2D eigenvalue weighted by atomic mass is 35.5. The number of rotatable bonds is 1. The molecule has 3 nitrogen and oxygen atoms in total. The summed E-state index contributed by atoms with van der Waals surface area (Å²) in [5, 5.41) is 2.19. The van der Waals surface area contributed by atoms with Crippen molar-refractivity contribution in [2.45, 2.75) is 26.1 Å². The van der Waals surface area contributed by atoms with Crippen LogP contribution in [0.15, 0.2) is 18.2 Å². The molecule has 0 saturated carbocycles. The van der Waals surface area contributed by atoms with Crippen molar-refractivity contribution in [2.75, 3.05) is 6.61 Å². The van der Waals surface area contributed by atoms with Crippen LogP contribution < -0.4 is 5.32 Å². The maximum absolute atomic E-state index is 12.9. The zero-order valence-electron chi connectivity index (χ0n) is 11.3. The molecule has 1 aromatic carbocycles. The molecule has 1 amide bonds. The van der Waals surface area contributed by atoms with Crippen LogP contribution in [0.5, 0.6) is 0 Å². The predicted octanol–water partition coefficient (Wildman–Crippen LogP) is 4.59. The molecule has 21 heavy (non-hydrogen) atoms. The van der Waals surface area contributed by atoms with Gasteiger partial charge in [-0.3, -0.25) is 0 Å². The van der Waals surface area contributed by atoms with E-state index < -0.39 is 29.3 Å². The Morgan fingerprint density at radius 1 is 1.38 bits per heavy atom. The van der Waals surface area contributed by atoms with Gasteiger partial charge in [0.05, 0.1) is 16.6 Å². The van der Waals surface area contributed by atoms with Gasteiger partial charge < -0.3 is 10.1 Å². The molecule has 0 unspecified atom stereocenters. The van der Waals surface area contributed by atoms with E-state index in [9.17, 15) is 18.0 Å². The average Bonchev–Trinajstić information content (AvgIpc) is 2.32. The largest absolute Gasteiger partial charge is 0.449 e. The van der Waals surface area contributed by atoms with Gasteiger partial charge >= 0.3 is 12.3 Å². The Balaban J connectivity index is 0.00000220. The van der Waals surface area contributed by atoms with E-state index in [0.717, 1.165) is 6.07 Å². The third-order valence-corrected chi connectivity index (χ3v) is 3.58. The lowest BCUT2D eigenvalue weighted by Gasteiger charge is -2.38. The number of benzene rings is 1. The van der Waals surface area contributed by atoms with E-state index in [2.05, 4.69) is 5.32 Å². The molecule has 1 aliphatic rings. The van der Waals surface area contributed by atoms with Crippen molar-refractivity contribution >= 4 is 30.1 Å². The smallest absolute Gasteiger partial charge is 0.417 e. The number of ether oxygens (including phenoxy) is 1. The molecule has 8 heteroatoms. The number of hydrogen-bond donors (Lipinski definition) is 1. The lowest BCUT2D eigenvalue weighted by molar-refractivity contribution is -0.137. The second-order valence-electron chi connectivity index (χ2n) is 5.38. The summed E-state index contributed by atoms with van der Waals surface area (Å²) in [6.45, 7) is 3.74. The van der Waals surface area contributed by atoms with Gasteiger partial charge in [0.1, 0.15) is 6.61 Å². The van der Waals surface area contributed by atoms with Crippen LogP contribution in [0.4, 0.5) is 18.0 Å². The SMILES string of the molecule is CC1(C)COC(=O)N[C@@H]1c1ccc(Cl)c(C(F)(F)F)c1.Cl. The highest BCUT2D eigenvalue weighted by Gasteiger charge is 2.40. The molecule has 1 saturated heterocycles. The van der Waals surface area contributed by atoms with Gasteiger partial charge in [0, 0.05) is 5.41 Å². The molecule has 0 aromatic heterocycles. The van der Waals surface area contributed by atoms with Gasteiger partial charge in [-0.2, -0.15) is 13.2 Å². The Morgan fingerprint density at radius 3 is 2.57 bits per heavy atom. The standard InChI is InChI=1S/C13H13ClF3NO2.ClH/c1-12(2)6-20-11(19)18-10(12)7-3-4-9(14)8(5-7)13(15,16)17;/h3-5,10H,6H2,1-2H3,(H,18,19);1H/t10-;/m1./s1. The fourth-order valence-electron chi connectivity index (χ4n) is 2.16. The van der Waals surface area contributed by atoms with E-state index in [-0.39, 0.29) is 24.0 Å². The van der Waals surface area contributed by atoms with E-state index in [1.165, 1.54) is 12.1 Å². The molecule has 0 radical (unpaired) electrons. The van der Waals surface area contributed by atoms with Crippen LogP contribution in [0, 0.1) is 5.41 Å². The van der Waals surface area contributed by atoms with Crippen LogP contribution in [-0.4, -0.2) is 12.7 Å². The minimum Gasteiger partial charge on any atom is -0.449 e. The van der Waals surface area contributed by atoms with Crippen LogP contribution in [0.2, 0.25) is 5.02 Å². The number of alkyl halides is 3. The molecule has 1 atom stereocenters. The zero-order chi connectivity index (χ0) is 15.1. The summed E-state index contributed by atoms with van der Waals surface area (Å²) in [5.74, 6) is 0. The van der Waals surface area contributed by atoms with Crippen LogP contribution in [0.3, 0.4) is 0 Å². The number of halogens is 5. The van der Waals surface area contributed by atoms with Gasteiger partial charge in [-0.05, 0) is 17.7 Å². The van der Waals surface area contributed by atoms with Crippen LogP contribution in [0.25, 0.3) is 0 Å². The first-order valence-electron chi connectivity index (χ1n) is 5.91. The van der Waals surface area contributed by atoms with Crippen molar-refractivity contribution in [1.29, 1.82) is 0 Å². The van der Waals surface area contributed by atoms with Gasteiger partial charge in [-0.1, -0.05) is 31.5 Å². The molecule has 1 N–H and O–H groups in total. The summed E-state index contributed by atoms with van der Waals surface area (Å²) in [4.78, 5) is 11.3. The zero-order valence-corrected chi connectivity index (χ0v) is 12.8. The minimum atomic E-state index is -4.54. The fourth-order valence-corrected chi connectivity index (χ4v) is 2.39. The third-order valence-electron chi connectivity index (χ3n) is 3.25. The summed E-state index contributed by atoms with van der Waals surface area (Å²) < 4.78 is 43.5. The van der Waals surface area contributed by atoms with Crippen molar-refractivity contribution in [3.63, 3.8) is 0 Å². The van der Waals surface area contributed by atoms with E-state index in [4.69, 9.17) is 16.3 Å². The number of alkyl carbamates (subject to hydrolysis) is 1. The van der Waals surface area contributed by atoms with Crippen LogP contribution in [-0.2, 0) is 10.9 Å². The Morgan fingerprint density at radius 2 is 2.00 bits per heavy atom. The van der Waals surface area contributed by atoms with Crippen molar-refractivity contribution in [3.05, 3.63) is 34.3 Å². The summed E-state index contributed by atoms with van der Waals surface area (Å²) in [5.41, 5.74) is -1.08. The third kappa shape index (κ3) is 3.74. The molecular formula is C13H14Cl2F3NO2. The van der Waals surface area contributed by atoms with Gasteiger partial charge in [-0.15, -0.1) is 12.4 Å². The van der Waals surface area contributed by atoms with E-state index in [0.29, 0.717) is 5.56 Å². The summed E-state index contributed by atoms with van der Waals surface area (Å²) in [6, 6.07) is 3.08.